The molecule has 0 unspecified atom stereocenters. The van der Waals surface area contributed by atoms with Crippen molar-refractivity contribution in [1.29, 1.82) is 0 Å². The molecule has 4 nitrogen and oxygen atoms in total. The summed E-state index contributed by atoms with van der Waals surface area (Å²) in [6.45, 7) is 0. The first-order valence-corrected chi connectivity index (χ1v) is 5.47. The molecule has 0 aliphatic carbocycles. The van der Waals surface area contributed by atoms with Gasteiger partial charge in [-0.05, 0) is 36.4 Å². The smallest absolute Gasteiger partial charge is 0.136 e. The molecule has 0 aliphatic heterocycles. The quantitative estimate of drug-likeness (QED) is 0.509. The topological polar surface area (TPSA) is 56.8 Å². The fourth-order valence-corrected chi connectivity index (χ4v) is 1.53. The Labute approximate surface area is 106 Å². The van der Waals surface area contributed by atoms with E-state index in [9.17, 15) is 0 Å². The molecule has 2 N–H and O–H groups in total. The van der Waals surface area contributed by atoms with E-state index in [1.807, 2.05) is 48.5 Å². The molecule has 0 aliphatic rings. The van der Waals surface area contributed by atoms with Crippen molar-refractivity contribution in [3.63, 3.8) is 0 Å². The van der Waals surface area contributed by atoms with Crippen LogP contribution < -0.4 is 15.3 Å². The fraction of sp³-hybridized carbons (Fsp3) is 0.0714. The molecular weight excluding hydrogens is 228 g/mol. The first-order valence-electron chi connectivity index (χ1n) is 5.47. The maximum Gasteiger partial charge on any atom is 0.136 e. The lowest BCUT2D eigenvalue weighted by Crippen LogP contribution is -1.92. The number of ether oxygens (including phenoxy) is 2. The molecule has 0 aromatic heterocycles. The van der Waals surface area contributed by atoms with Gasteiger partial charge in [0.2, 0.25) is 0 Å². The molecule has 0 heterocycles. The van der Waals surface area contributed by atoms with Crippen molar-refractivity contribution in [2.45, 2.75) is 0 Å². The molecule has 4 heteroatoms. The van der Waals surface area contributed by atoms with Crippen LogP contribution >= 0.6 is 0 Å². The summed E-state index contributed by atoms with van der Waals surface area (Å²) in [5, 5.41) is 3.51. The molecule has 0 fully saturated rings. The summed E-state index contributed by atoms with van der Waals surface area (Å²) in [6.07, 6.45) is 1.55. The highest BCUT2D eigenvalue weighted by Crippen LogP contribution is 2.25. The molecule has 0 amide bonds. The average Bonchev–Trinajstić information content (AvgIpc) is 2.42. The van der Waals surface area contributed by atoms with Crippen LogP contribution in [0.15, 0.2) is 53.6 Å². The average molecular weight is 242 g/mol. The van der Waals surface area contributed by atoms with E-state index < -0.39 is 0 Å². The molecule has 0 saturated heterocycles. The lowest BCUT2D eigenvalue weighted by atomic mass is 10.2. The van der Waals surface area contributed by atoms with Gasteiger partial charge in [0.15, 0.2) is 0 Å². The van der Waals surface area contributed by atoms with Crippen molar-refractivity contribution >= 4 is 6.21 Å². The molecule has 2 rings (SSSR count). The number of methoxy groups -OCH3 is 1. The fourth-order valence-electron chi connectivity index (χ4n) is 1.53. The lowest BCUT2D eigenvalue weighted by molar-refractivity contribution is 0.413. The van der Waals surface area contributed by atoms with Gasteiger partial charge in [-0.25, -0.2) is 0 Å². The predicted molar refractivity (Wildman–Crippen MR) is 71.3 cm³/mol. The van der Waals surface area contributed by atoms with E-state index in [-0.39, 0.29) is 0 Å². The van der Waals surface area contributed by atoms with E-state index in [0.29, 0.717) is 5.75 Å². The van der Waals surface area contributed by atoms with Crippen LogP contribution in [0.5, 0.6) is 17.2 Å². The molecule has 92 valence electrons. The van der Waals surface area contributed by atoms with Gasteiger partial charge >= 0.3 is 0 Å². The zero-order valence-corrected chi connectivity index (χ0v) is 10.0. The van der Waals surface area contributed by atoms with Crippen LogP contribution in [0, 0.1) is 0 Å². The monoisotopic (exact) mass is 242 g/mol. The van der Waals surface area contributed by atoms with Crippen LogP contribution in [0.1, 0.15) is 5.56 Å². The van der Waals surface area contributed by atoms with Crippen molar-refractivity contribution in [2.75, 3.05) is 7.11 Å². The van der Waals surface area contributed by atoms with Gasteiger partial charge in [-0.2, -0.15) is 5.10 Å². The number of hydrazone groups is 1. The highest BCUT2D eigenvalue weighted by molar-refractivity contribution is 5.83. The maximum atomic E-state index is 5.76. The second-order valence-electron chi connectivity index (χ2n) is 3.59. The van der Waals surface area contributed by atoms with E-state index in [1.54, 1.807) is 13.3 Å². The molecule has 18 heavy (non-hydrogen) atoms. The van der Waals surface area contributed by atoms with E-state index in [1.165, 1.54) is 0 Å². The zero-order chi connectivity index (χ0) is 12.8. The van der Waals surface area contributed by atoms with Gasteiger partial charge in [-0.3, -0.25) is 0 Å². The Hall–Kier alpha value is -2.49. The van der Waals surface area contributed by atoms with Gasteiger partial charge in [-0.1, -0.05) is 12.1 Å². The lowest BCUT2D eigenvalue weighted by Gasteiger charge is -2.08. The second-order valence-corrected chi connectivity index (χ2v) is 3.59. The summed E-state index contributed by atoms with van der Waals surface area (Å²) >= 11 is 0. The van der Waals surface area contributed by atoms with Crippen LogP contribution in [0.3, 0.4) is 0 Å². The summed E-state index contributed by atoms with van der Waals surface area (Å²) in [6, 6.07) is 14.9. The Bertz CT molecular complexity index is 536. The number of rotatable bonds is 4. The van der Waals surface area contributed by atoms with E-state index in [4.69, 9.17) is 15.3 Å². The van der Waals surface area contributed by atoms with E-state index >= 15 is 0 Å². The molecule has 2 aromatic rings. The first kappa shape index (κ1) is 12.0. The van der Waals surface area contributed by atoms with Crippen LogP contribution in [-0.4, -0.2) is 13.3 Å². The Morgan fingerprint density at radius 2 is 1.67 bits per heavy atom. The summed E-state index contributed by atoms with van der Waals surface area (Å²) in [5.41, 5.74) is 0.829. The van der Waals surface area contributed by atoms with Crippen molar-refractivity contribution in [3.8, 4) is 17.2 Å². The largest absolute Gasteiger partial charge is 0.497 e. The Morgan fingerprint density at radius 1 is 1.00 bits per heavy atom. The van der Waals surface area contributed by atoms with Gasteiger partial charge in [-0.15, -0.1) is 0 Å². The van der Waals surface area contributed by atoms with Gasteiger partial charge in [0.05, 0.1) is 13.3 Å². The van der Waals surface area contributed by atoms with Crippen molar-refractivity contribution in [3.05, 3.63) is 54.1 Å². The summed E-state index contributed by atoms with van der Waals surface area (Å²) in [7, 11) is 1.63. The van der Waals surface area contributed by atoms with Crippen molar-refractivity contribution < 1.29 is 9.47 Å². The minimum atomic E-state index is 0.705. The third-order valence-corrected chi connectivity index (χ3v) is 2.42. The summed E-state index contributed by atoms with van der Waals surface area (Å²) in [4.78, 5) is 0. The highest BCUT2D eigenvalue weighted by Gasteiger charge is 2.02. The summed E-state index contributed by atoms with van der Waals surface area (Å²) < 4.78 is 10.8. The third-order valence-electron chi connectivity index (χ3n) is 2.42. The molecule has 0 atom stereocenters. The molecular formula is C14H14N2O2. The van der Waals surface area contributed by atoms with Crippen LogP contribution in [-0.2, 0) is 0 Å². The molecule has 0 radical (unpaired) electrons. The molecule has 2 aromatic carbocycles. The number of para-hydroxylation sites is 1. The minimum Gasteiger partial charge on any atom is -0.497 e. The zero-order valence-electron chi connectivity index (χ0n) is 10.0. The highest BCUT2D eigenvalue weighted by atomic mass is 16.5. The maximum absolute atomic E-state index is 5.76. The Morgan fingerprint density at radius 3 is 2.33 bits per heavy atom. The SMILES string of the molecule is COc1ccc(Oc2ccccc2C=NN)cc1. The molecule has 0 spiro atoms. The standard InChI is InChI=1S/C14H14N2O2/c1-17-12-6-8-13(9-7-12)18-14-5-3-2-4-11(14)10-16-15/h2-10H,15H2,1H3. The number of hydrogen-bond acceptors (Lipinski definition) is 4. The summed E-state index contributed by atoms with van der Waals surface area (Å²) in [5.74, 6) is 7.38. The van der Waals surface area contributed by atoms with Gasteiger partial charge in [0.1, 0.15) is 17.2 Å². The van der Waals surface area contributed by atoms with Crippen LogP contribution in [0.4, 0.5) is 0 Å². The van der Waals surface area contributed by atoms with Crippen molar-refractivity contribution in [1.82, 2.24) is 0 Å². The van der Waals surface area contributed by atoms with Gasteiger partial charge in [0.25, 0.3) is 0 Å². The Kier molecular flexibility index (Phi) is 3.81. The third kappa shape index (κ3) is 2.79. The van der Waals surface area contributed by atoms with E-state index in [0.717, 1.165) is 17.1 Å². The first-order chi connectivity index (χ1) is 8.83. The van der Waals surface area contributed by atoms with Crippen LogP contribution in [0.25, 0.3) is 0 Å². The number of nitrogens with two attached hydrogens (primary N) is 1. The van der Waals surface area contributed by atoms with Gasteiger partial charge in [0, 0.05) is 5.56 Å². The normalized spacial score (nSPS) is 10.5. The molecule has 0 saturated carbocycles. The van der Waals surface area contributed by atoms with Crippen molar-refractivity contribution in [2.24, 2.45) is 10.9 Å². The Balaban J connectivity index is 2.22. The van der Waals surface area contributed by atoms with Gasteiger partial charge < -0.3 is 15.3 Å². The molecule has 0 bridgehead atoms. The predicted octanol–water partition coefficient (Wildman–Crippen LogP) is 2.78. The van der Waals surface area contributed by atoms with E-state index in [2.05, 4.69) is 5.10 Å². The number of hydrogen-bond donors (Lipinski definition) is 1. The minimum absolute atomic E-state index is 0.705. The number of benzene rings is 2. The number of nitrogens with zero attached hydrogens (tertiary/aromatic N) is 1. The van der Waals surface area contributed by atoms with Crippen LogP contribution in [0.2, 0.25) is 0 Å². The second kappa shape index (κ2) is 5.72.